The zero-order chi connectivity index (χ0) is 9.68. The van der Waals surface area contributed by atoms with Crippen molar-refractivity contribution in [3.63, 3.8) is 0 Å². The number of rotatable bonds is 0. The van der Waals surface area contributed by atoms with Crippen molar-refractivity contribution in [3.8, 4) is 0 Å². The molecule has 0 aliphatic rings. The number of benzene rings is 1. The summed E-state index contributed by atoms with van der Waals surface area (Å²) in [6.07, 6.45) is 0. The fourth-order valence-corrected chi connectivity index (χ4v) is 0.786. The molecule has 1 N–H and O–H groups in total. The number of hydrogen-bond acceptors (Lipinski definition) is 3. The van der Waals surface area contributed by atoms with Gasteiger partial charge in [0, 0.05) is 21.4 Å². The van der Waals surface area contributed by atoms with E-state index >= 15 is 0 Å². The minimum Gasteiger partial charge on any atom is -0.225 e. The number of nitrogens with one attached hydrogen (secondary N) is 1. The Morgan fingerprint density at radius 2 is 1.54 bits per heavy atom. The van der Waals surface area contributed by atoms with Gasteiger partial charge in [-0.2, -0.15) is 15.4 Å². The van der Waals surface area contributed by atoms with E-state index < -0.39 is 9.23 Å². The molecule has 0 radical (unpaired) electrons. The van der Waals surface area contributed by atoms with Gasteiger partial charge in [-0.25, -0.2) is 4.21 Å². The van der Waals surface area contributed by atoms with E-state index in [1.54, 1.807) is 0 Å². The molecule has 0 atom stereocenters. The van der Waals surface area contributed by atoms with E-state index in [1.165, 1.54) is 0 Å². The van der Waals surface area contributed by atoms with Crippen LogP contribution < -0.4 is 0 Å². The SMILES string of the molecule is O=S(Cl)Cl.c1ccc2n[nH]nc2c1. The fourth-order valence-electron chi connectivity index (χ4n) is 0.786. The van der Waals surface area contributed by atoms with Crippen LogP contribution in [0.25, 0.3) is 11.0 Å². The molecule has 2 aromatic rings. The highest BCUT2D eigenvalue weighted by molar-refractivity contribution is 8.26. The van der Waals surface area contributed by atoms with Gasteiger partial charge in [-0.05, 0) is 12.1 Å². The first kappa shape index (κ1) is 10.4. The van der Waals surface area contributed by atoms with Crippen molar-refractivity contribution >= 4 is 41.6 Å². The zero-order valence-corrected chi connectivity index (χ0v) is 8.60. The summed E-state index contributed by atoms with van der Waals surface area (Å²) in [7, 11) is 7.36. The number of para-hydroxylation sites is 2. The van der Waals surface area contributed by atoms with Crippen LogP contribution in [0.4, 0.5) is 0 Å². The van der Waals surface area contributed by atoms with Gasteiger partial charge in [-0.15, -0.1) is 0 Å². The Morgan fingerprint density at radius 3 is 1.92 bits per heavy atom. The number of fused-ring (bicyclic) bond motifs is 1. The topological polar surface area (TPSA) is 58.6 Å². The quantitative estimate of drug-likeness (QED) is 0.714. The van der Waals surface area contributed by atoms with Crippen LogP contribution in [-0.4, -0.2) is 19.6 Å². The molecule has 7 heteroatoms. The second kappa shape index (κ2) is 5.16. The first-order chi connectivity index (χ1) is 6.20. The van der Waals surface area contributed by atoms with Crippen molar-refractivity contribution < 1.29 is 4.21 Å². The average molecular weight is 238 g/mol. The lowest BCUT2D eigenvalue weighted by Crippen LogP contribution is -1.63. The number of halogens is 2. The summed E-state index contributed by atoms with van der Waals surface area (Å²) in [5, 5.41) is 10.3. The molecule has 0 unspecified atom stereocenters. The van der Waals surface area contributed by atoms with Gasteiger partial charge in [-0.3, -0.25) is 0 Å². The van der Waals surface area contributed by atoms with Crippen molar-refractivity contribution in [1.29, 1.82) is 0 Å². The Kier molecular flexibility index (Phi) is 4.14. The summed E-state index contributed by atoms with van der Waals surface area (Å²) in [5.41, 5.74) is 1.83. The largest absolute Gasteiger partial charge is 0.225 e. The molecular formula is C6H5Cl2N3OS. The lowest BCUT2D eigenvalue weighted by Gasteiger charge is -1.78. The minimum atomic E-state index is -1.67. The Hall–Kier alpha value is -0.650. The summed E-state index contributed by atoms with van der Waals surface area (Å²) in [6, 6.07) is 7.70. The highest BCUT2D eigenvalue weighted by atomic mass is 36.0. The van der Waals surface area contributed by atoms with Crippen LogP contribution in [-0.2, 0) is 9.23 Å². The molecule has 0 saturated carbocycles. The van der Waals surface area contributed by atoms with Crippen LogP contribution in [0.15, 0.2) is 24.3 Å². The summed E-state index contributed by atoms with van der Waals surface area (Å²) in [5.74, 6) is 0. The highest BCUT2D eigenvalue weighted by Crippen LogP contribution is 2.03. The van der Waals surface area contributed by atoms with Gasteiger partial charge in [-0.1, -0.05) is 12.1 Å². The Labute approximate surface area is 85.7 Å². The van der Waals surface area contributed by atoms with Crippen molar-refractivity contribution in [1.82, 2.24) is 15.4 Å². The fraction of sp³-hybridized carbons (Fsp3) is 0. The number of hydrogen-bond donors (Lipinski definition) is 1. The zero-order valence-electron chi connectivity index (χ0n) is 6.28. The average Bonchev–Trinajstić information content (AvgIpc) is 2.49. The third kappa shape index (κ3) is 3.71. The smallest absolute Gasteiger partial charge is 0.211 e. The standard InChI is InChI=1S/C6H5N3.Cl2OS/c1-2-4-6-5(3-1)7-9-8-6;1-4(2)3/h1-4H,(H,7,8,9);. The second-order valence-electron chi connectivity index (χ2n) is 2.00. The number of nitrogens with zero attached hydrogens (tertiary/aromatic N) is 2. The van der Waals surface area contributed by atoms with Crippen molar-refractivity contribution in [2.75, 3.05) is 0 Å². The lowest BCUT2D eigenvalue weighted by molar-refractivity contribution is 0.698. The molecule has 2 rings (SSSR count). The minimum absolute atomic E-state index is 0.914. The van der Waals surface area contributed by atoms with E-state index in [-0.39, 0.29) is 0 Å². The molecular weight excluding hydrogens is 233 g/mol. The molecule has 0 amide bonds. The summed E-state index contributed by atoms with van der Waals surface area (Å²) in [4.78, 5) is 0. The predicted molar refractivity (Wildman–Crippen MR) is 53.7 cm³/mol. The molecule has 0 aliphatic heterocycles. The monoisotopic (exact) mass is 237 g/mol. The van der Waals surface area contributed by atoms with Crippen LogP contribution >= 0.6 is 21.4 Å². The maximum atomic E-state index is 9.09. The van der Waals surface area contributed by atoms with E-state index in [0.717, 1.165) is 11.0 Å². The summed E-state index contributed by atoms with van der Waals surface area (Å²) < 4.78 is 9.09. The van der Waals surface area contributed by atoms with Crippen LogP contribution in [0.3, 0.4) is 0 Å². The Bertz CT molecular complexity index is 371. The Morgan fingerprint density at radius 1 is 1.15 bits per heavy atom. The molecule has 1 aromatic carbocycles. The van der Waals surface area contributed by atoms with E-state index in [0.29, 0.717) is 0 Å². The number of aromatic amines is 1. The number of H-pyrrole nitrogens is 1. The predicted octanol–water partition coefficient (Wildman–Crippen LogP) is 2.00. The molecule has 0 fully saturated rings. The molecule has 0 spiro atoms. The van der Waals surface area contributed by atoms with E-state index in [1.807, 2.05) is 24.3 Å². The van der Waals surface area contributed by atoms with Gasteiger partial charge in [0.1, 0.15) is 11.0 Å². The first-order valence-corrected chi connectivity index (χ1v) is 6.00. The summed E-state index contributed by atoms with van der Waals surface area (Å²) >= 11 is 0. The van der Waals surface area contributed by atoms with Crippen molar-refractivity contribution in [2.45, 2.75) is 0 Å². The first-order valence-electron chi connectivity index (χ1n) is 3.20. The molecule has 0 bridgehead atoms. The maximum absolute atomic E-state index is 9.09. The Balaban J connectivity index is 0.000000184. The van der Waals surface area contributed by atoms with Gasteiger partial charge in [0.25, 0.3) is 0 Å². The third-order valence-corrected chi connectivity index (χ3v) is 1.22. The van der Waals surface area contributed by atoms with E-state index in [4.69, 9.17) is 4.21 Å². The maximum Gasteiger partial charge on any atom is 0.211 e. The van der Waals surface area contributed by atoms with Crippen LogP contribution in [0, 0.1) is 0 Å². The molecule has 0 saturated heterocycles. The molecule has 1 aromatic heterocycles. The molecule has 1 heterocycles. The van der Waals surface area contributed by atoms with Crippen LogP contribution in [0.1, 0.15) is 0 Å². The van der Waals surface area contributed by atoms with Crippen molar-refractivity contribution in [2.24, 2.45) is 0 Å². The van der Waals surface area contributed by atoms with Gasteiger partial charge >= 0.3 is 0 Å². The normalized spacial score (nSPS) is 9.77. The van der Waals surface area contributed by atoms with Gasteiger partial charge < -0.3 is 0 Å². The van der Waals surface area contributed by atoms with E-state index in [9.17, 15) is 0 Å². The lowest BCUT2D eigenvalue weighted by atomic mass is 10.3. The second-order valence-corrected chi connectivity index (χ2v) is 4.52. The van der Waals surface area contributed by atoms with Gasteiger partial charge in [0.15, 0.2) is 0 Å². The molecule has 0 aliphatic carbocycles. The van der Waals surface area contributed by atoms with E-state index in [2.05, 4.69) is 36.8 Å². The van der Waals surface area contributed by atoms with Crippen LogP contribution in [0.5, 0.6) is 0 Å². The third-order valence-electron chi connectivity index (χ3n) is 1.22. The summed E-state index contributed by atoms with van der Waals surface area (Å²) in [6.45, 7) is 0. The van der Waals surface area contributed by atoms with Gasteiger partial charge in [0.05, 0.1) is 0 Å². The van der Waals surface area contributed by atoms with Crippen molar-refractivity contribution in [3.05, 3.63) is 24.3 Å². The molecule has 13 heavy (non-hydrogen) atoms. The highest BCUT2D eigenvalue weighted by Gasteiger charge is 1.90. The van der Waals surface area contributed by atoms with Crippen LogP contribution in [0.2, 0.25) is 0 Å². The molecule has 70 valence electrons. The number of aromatic nitrogens is 3. The molecule has 4 nitrogen and oxygen atoms in total. The van der Waals surface area contributed by atoms with Gasteiger partial charge in [0.2, 0.25) is 9.23 Å².